The van der Waals surface area contributed by atoms with Gasteiger partial charge in [0.05, 0.1) is 41.0 Å². The van der Waals surface area contributed by atoms with E-state index in [9.17, 15) is 23.1 Å². The van der Waals surface area contributed by atoms with E-state index in [2.05, 4.69) is 0 Å². The molecule has 10 heteroatoms. The van der Waals surface area contributed by atoms with Crippen molar-refractivity contribution in [3.05, 3.63) is 29.8 Å². The van der Waals surface area contributed by atoms with Crippen LogP contribution in [0.25, 0.3) is 0 Å². The van der Waals surface area contributed by atoms with Crippen LogP contribution in [0.3, 0.4) is 0 Å². The number of sulfonamides is 1. The minimum atomic E-state index is -3.86. The number of methoxy groups -OCH3 is 2. The molecule has 4 fully saturated rings. The number of hydrogen-bond acceptors (Lipinski definition) is 6. The van der Waals surface area contributed by atoms with Crippen LogP contribution in [-0.4, -0.2) is 85.2 Å². The molecule has 0 unspecified atom stereocenters. The van der Waals surface area contributed by atoms with Crippen LogP contribution in [0, 0.1) is 18.8 Å². The number of aryl methyl sites for hydroxylation is 1. The van der Waals surface area contributed by atoms with Crippen LogP contribution in [-0.2, 0) is 29.1 Å². The summed E-state index contributed by atoms with van der Waals surface area (Å²) in [6.07, 6.45) is 3.33. The number of rotatable bonds is 8. The molecule has 4 aliphatic rings. The molecule has 0 saturated carbocycles. The van der Waals surface area contributed by atoms with Crippen LogP contribution in [0.5, 0.6) is 0 Å². The molecule has 1 N–H and O–H groups in total. The Morgan fingerprint density at radius 1 is 0.971 bits per heavy atom. The van der Waals surface area contributed by atoms with Gasteiger partial charge in [0.15, 0.2) is 0 Å². The number of carboxylic acid groups (broad SMARTS) is 1. The van der Waals surface area contributed by atoms with Crippen LogP contribution >= 0.6 is 0 Å². The first-order chi connectivity index (χ1) is 16.6. The van der Waals surface area contributed by atoms with Gasteiger partial charge in [0.25, 0.3) is 0 Å². The first kappa shape index (κ1) is 24.7. The van der Waals surface area contributed by atoms with Crippen molar-refractivity contribution in [3.63, 3.8) is 0 Å². The number of nitrogens with zero attached hydrogens (tertiary/aromatic N) is 2. The van der Waals surface area contributed by atoms with Crippen molar-refractivity contribution < 1.29 is 32.6 Å². The largest absolute Gasteiger partial charge is 0.481 e. The third-order valence-corrected chi connectivity index (χ3v) is 11.0. The van der Waals surface area contributed by atoms with Crippen molar-refractivity contribution >= 4 is 21.9 Å². The molecule has 4 saturated heterocycles. The van der Waals surface area contributed by atoms with Crippen molar-refractivity contribution in [2.24, 2.45) is 11.8 Å². The lowest BCUT2D eigenvalue weighted by molar-refractivity contribution is -0.152. The zero-order chi connectivity index (χ0) is 25.2. The molecule has 0 spiro atoms. The fourth-order valence-corrected chi connectivity index (χ4v) is 9.63. The molecular weight excluding hydrogens is 472 g/mol. The van der Waals surface area contributed by atoms with Crippen LogP contribution in [0.15, 0.2) is 29.2 Å². The van der Waals surface area contributed by atoms with E-state index in [4.69, 9.17) is 9.47 Å². The fraction of sp³-hybridized carbons (Fsp3) is 0.680. The molecule has 9 nitrogen and oxygen atoms in total. The summed E-state index contributed by atoms with van der Waals surface area (Å²) in [6, 6.07) is 6.33. The molecule has 4 heterocycles. The van der Waals surface area contributed by atoms with E-state index in [0.717, 1.165) is 12.0 Å². The Bertz CT molecular complexity index is 1120. The highest BCUT2D eigenvalue weighted by Gasteiger charge is 2.69. The van der Waals surface area contributed by atoms with E-state index in [1.54, 1.807) is 33.5 Å². The van der Waals surface area contributed by atoms with Crippen LogP contribution in [0.1, 0.15) is 44.1 Å². The lowest BCUT2D eigenvalue weighted by Crippen LogP contribution is -2.60. The van der Waals surface area contributed by atoms with Crippen molar-refractivity contribution in [1.29, 1.82) is 0 Å². The Labute approximate surface area is 206 Å². The van der Waals surface area contributed by atoms with Crippen LogP contribution in [0.4, 0.5) is 0 Å². The standard InChI is InChI=1S/C25H34N2O7S/c1-16-4-6-19(7-5-16)35(31,32)27-18-9-11-25(27,15-34-3)20(13-18)22(28)26-17-8-10-24(26,14-33-2)21(12-17)23(29)30/h4-7,17-18,20-21H,8-15H2,1-3H3,(H,29,30)/t17-,18-,20-,21-,24-,25-/m1/s1. The SMILES string of the molecule is COC[C@]12CC[C@H](C[C@@H]1C(=O)O)N2C(=O)[C@H]1C[C@H]2CC[C@]1(COC)N2S(=O)(=O)c1ccc(C)cc1. The van der Waals surface area contributed by atoms with Gasteiger partial charge in [-0.15, -0.1) is 0 Å². The molecule has 1 aromatic carbocycles. The molecule has 0 radical (unpaired) electrons. The van der Waals surface area contributed by atoms with Crippen molar-refractivity contribution in [2.75, 3.05) is 27.4 Å². The summed E-state index contributed by atoms with van der Waals surface area (Å²) in [5, 5.41) is 9.93. The average Bonchev–Trinajstić information content (AvgIpc) is 3.53. The van der Waals surface area contributed by atoms with E-state index in [1.807, 2.05) is 6.92 Å². The molecule has 4 bridgehead atoms. The van der Waals surface area contributed by atoms with Gasteiger partial charge < -0.3 is 19.5 Å². The Morgan fingerprint density at radius 2 is 1.54 bits per heavy atom. The monoisotopic (exact) mass is 506 g/mol. The van der Waals surface area contributed by atoms with Gasteiger partial charge in [-0.05, 0) is 57.6 Å². The second-order valence-electron chi connectivity index (χ2n) is 10.7. The van der Waals surface area contributed by atoms with Crippen molar-refractivity contribution in [1.82, 2.24) is 9.21 Å². The summed E-state index contributed by atoms with van der Waals surface area (Å²) in [5.41, 5.74) is -0.914. The number of ether oxygens (including phenoxy) is 2. The molecule has 192 valence electrons. The van der Waals surface area contributed by atoms with E-state index in [0.29, 0.717) is 32.1 Å². The Morgan fingerprint density at radius 3 is 2.17 bits per heavy atom. The predicted molar refractivity (Wildman–Crippen MR) is 126 cm³/mol. The highest BCUT2D eigenvalue weighted by Crippen LogP contribution is 2.57. The minimum absolute atomic E-state index is 0.114. The number of fused-ring (bicyclic) bond motifs is 4. The van der Waals surface area contributed by atoms with Gasteiger partial charge in [0, 0.05) is 26.3 Å². The number of hydrogen-bond donors (Lipinski definition) is 1. The van der Waals surface area contributed by atoms with Gasteiger partial charge in [0.1, 0.15) is 0 Å². The molecule has 0 aromatic heterocycles. The highest BCUT2D eigenvalue weighted by atomic mass is 32.2. The number of benzene rings is 1. The van der Waals surface area contributed by atoms with Gasteiger partial charge in [0.2, 0.25) is 15.9 Å². The molecule has 4 aliphatic heterocycles. The third-order valence-electron chi connectivity index (χ3n) is 8.95. The molecule has 35 heavy (non-hydrogen) atoms. The first-order valence-electron chi connectivity index (χ1n) is 12.3. The molecule has 0 aliphatic carbocycles. The lowest BCUT2D eigenvalue weighted by atomic mass is 9.76. The first-order valence-corrected chi connectivity index (χ1v) is 13.7. The quantitative estimate of drug-likeness (QED) is 0.574. The third kappa shape index (κ3) is 3.40. The number of carbonyl (C=O) groups excluding carboxylic acids is 1. The number of carboxylic acids is 1. The topological polar surface area (TPSA) is 113 Å². The summed E-state index contributed by atoms with van der Waals surface area (Å²) in [6.45, 7) is 2.18. The summed E-state index contributed by atoms with van der Waals surface area (Å²) in [7, 11) is -0.797. The zero-order valence-corrected chi connectivity index (χ0v) is 21.3. The average molecular weight is 507 g/mol. The van der Waals surface area contributed by atoms with E-state index in [1.165, 1.54) is 14.2 Å². The van der Waals surface area contributed by atoms with Gasteiger partial charge in [-0.25, -0.2) is 8.42 Å². The normalized spacial score (nSPS) is 36.3. The minimum Gasteiger partial charge on any atom is -0.481 e. The number of aliphatic carboxylic acids is 1. The number of carbonyl (C=O) groups is 2. The molecule has 1 amide bonds. The van der Waals surface area contributed by atoms with Crippen LogP contribution < -0.4 is 0 Å². The summed E-state index contributed by atoms with van der Waals surface area (Å²) in [4.78, 5) is 28.4. The molecule has 5 rings (SSSR count). The molecular formula is C25H34N2O7S. The maximum atomic E-state index is 14.3. The van der Waals surface area contributed by atoms with E-state index >= 15 is 0 Å². The number of amides is 1. The van der Waals surface area contributed by atoms with E-state index in [-0.39, 0.29) is 36.1 Å². The van der Waals surface area contributed by atoms with E-state index < -0.39 is 38.9 Å². The second-order valence-corrected chi connectivity index (χ2v) is 12.5. The predicted octanol–water partition coefficient (Wildman–Crippen LogP) is 2.03. The summed E-state index contributed by atoms with van der Waals surface area (Å²) < 4.78 is 40.3. The fourth-order valence-electron chi connectivity index (χ4n) is 7.59. The second kappa shape index (κ2) is 8.54. The Kier molecular flexibility index (Phi) is 6.02. The van der Waals surface area contributed by atoms with Crippen molar-refractivity contribution in [3.8, 4) is 0 Å². The summed E-state index contributed by atoms with van der Waals surface area (Å²) >= 11 is 0. The molecule has 1 aromatic rings. The Hall–Kier alpha value is -2.01. The van der Waals surface area contributed by atoms with Crippen molar-refractivity contribution in [2.45, 2.75) is 73.5 Å². The van der Waals surface area contributed by atoms with Gasteiger partial charge in [-0.3, -0.25) is 9.59 Å². The lowest BCUT2D eigenvalue weighted by Gasteiger charge is -2.43. The zero-order valence-electron chi connectivity index (χ0n) is 20.5. The maximum absolute atomic E-state index is 14.3. The Balaban J connectivity index is 1.53. The van der Waals surface area contributed by atoms with Crippen LogP contribution in [0.2, 0.25) is 0 Å². The van der Waals surface area contributed by atoms with Gasteiger partial charge >= 0.3 is 5.97 Å². The summed E-state index contributed by atoms with van der Waals surface area (Å²) in [5.74, 6) is -2.35. The van der Waals surface area contributed by atoms with Gasteiger partial charge in [-0.2, -0.15) is 4.31 Å². The highest BCUT2D eigenvalue weighted by molar-refractivity contribution is 7.89. The van der Waals surface area contributed by atoms with Gasteiger partial charge in [-0.1, -0.05) is 17.7 Å². The maximum Gasteiger partial charge on any atom is 0.309 e. The molecule has 6 atom stereocenters. The smallest absolute Gasteiger partial charge is 0.309 e.